The highest BCUT2D eigenvalue weighted by atomic mass is 32.2. The van der Waals surface area contributed by atoms with E-state index in [0.717, 1.165) is 5.56 Å². The zero-order valence-corrected chi connectivity index (χ0v) is 16.5. The van der Waals surface area contributed by atoms with Gasteiger partial charge in [-0.3, -0.25) is 4.98 Å². The molecule has 0 bridgehead atoms. The molecule has 0 aliphatic rings. The highest BCUT2D eigenvalue weighted by Gasteiger charge is 2.16. The van der Waals surface area contributed by atoms with Crippen LogP contribution in [0.5, 0.6) is 5.88 Å². The molecule has 29 heavy (non-hydrogen) atoms. The van der Waals surface area contributed by atoms with Gasteiger partial charge in [-0.05, 0) is 41.5 Å². The highest BCUT2D eigenvalue weighted by Crippen LogP contribution is 2.19. The lowest BCUT2D eigenvalue weighted by Crippen LogP contribution is -2.28. The van der Waals surface area contributed by atoms with Crippen LogP contribution in [0.15, 0.2) is 72.0 Å². The molecule has 0 unspecified atom stereocenters. The largest absolute Gasteiger partial charge is 0.481 e. The van der Waals surface area contributed by atoms with Crippen LogP contribution in [0.3, 0.4) is 0 Å². The van der Waals surface area contributed by atoms with E-state index >= 15 is 0 Å². The van der Waals surface area contributed by atoms with Crippen molar-refractivity contribution < 1.29 is 17.9 Å². The topological polar surface area (TPSA) is 110 Å². The van der Waals surface area contributed by atoms with Crippen molar-refractivity contribution in [3.63, 3.8) is 0 Å². The molecule has 2 aromatic heterocycles. The Kier molecular flexibility index (Phi) is 6.40. The molecular weight excluding hydrogens is 392 g/mol. The van der Waals surface area contributed by atoms with Crippen molar-refractivity contribution in [3.05, 3.63) is 78.2 Å². The van der Waals surface area contributed by atoms with Gasteiger partial charge in [-0.1, -0.05) is 12.1 Å². The molecule has 3 rings (SSSR count). The predicted molar refractivity (Wildman–Crippen MR) is 108 cm³/mol. The second kappa shape index (κ2) is 9.16. The van der Waals surface area contributed by atoms with E-state index in [4.69, 9.17) is 4.74 Å². The summed E-state index contributed by atoms with van der Waals surface area (Å²) >= 11 is 0. The number of carbonyl (C=O) groups excluding carboxylic acids is 1. The molecule has 2 N–H and O–H groups in total. The Balaban J connectivity index is 1.58. The van der Waals surface area contributed by atoms with E-state index in [2.05, 4.69) is 20.6 Å². The monoisotopic (exact) mass is 412 g/mol. The maximum Gasteiger partial charge on any atom is 0.319 e. The Labute approximate surface area is 168 Å². The summed E-state index contributed by atoms with van der Waals surface area (Å²) in [5.74, 6) is 0.242. The van der Waals surface area contributed by atoms with Gasteiger partial charge in [0, 0.05) is 36.9 Å². The van der Waals surface area contributed by atoms with E-state index in [1.165, 1.54) is 25.4 Å². The van der Waals surface area contributed by atoms with Crippen molar-refractivity contribution >= 4 is 21.6 Å². The summed E-state index contributed by atoms with van der Waals surface area (Å²) in [5, 5.41) is 5.37. The Bertz CT molecular complexity index is 1050. The van der Waals surface area contributed by atoms with Gasteiger partial charge in [-0.25, -0.2) is 18.2 Å². The minimum Gasteiger partial charge on any atom is -0.481 e. The molecule has 0 aliphatic heterocycles. The number of amides is 2. The van der Waals surface area contributed by atoms with Crippen molar-refractivity contribution in [2.45, 2.75) is 17.2 Å². The molecule has 0 fully saturated rings. The number of nitrogens with one attached hydrogen (secondary N) is 2. The van der Waals surface area contributed by atoms with Gasteiger partial charge in [0.1, 0.15) is 0 Å². The normalized spacial score (nSPS) is 10.9. The first-order valence-corrected chi connectivity index (χ1v) is 10.4. The second-order valence-corrected chi connectivity index (χ2v) is 8.15. The number of methoxy groups -OCH3 is 1. The maximum atomic E-state index is 12.6. The lowest BCUT2D eigenvalue weighted by molar-refractivity contribution is 0.251. The van der Waals surface area contributed by atoms with E-state index < -0.39 is 15.9 Å². The number of hydrogen-bond donors (Lipinski definition) is 2. The van der Waals surface area contributed by atoms with Gasteiger partial charge in [-0.15, -0.1) is 0 Å². The molecule has 2 amide bonds. The number of sulfone groups is 1. The Morgan fingerprint density at radius 3 is 2.45 bits per heavy atom. The molecule has 9 heteroatoms. The summed E-state index contributed by atoms with van der Waals surface area (Å²) in [4.78, 5) is 20.1. The van der Waals surface area contributed by atoms with Gasteiger partial charge in [0.25, 0.3) is 0 Å². The van der Waals surface area contributed by atoms with E-state index in [9.17, 15) is 13.2 Å². The van der Waals surface area contributed by atoms with Gasteiger partial charge in [0.2, 0.25) is 5.88 Å². The summed E-state index contributed by atoms with van der Waals surface area (Å²) in [6, 6.07) is 12.5. The van der Waals surface area contributed by atoms with E-state index in [1.54, 1.807) is 42.7 Å². The third-order valence-electron chi connectivity index (χ3n) is 4.01. The minimum atomic E-state index is -3.54. The summed E-state index contributed by atoms with van der Waals surface area (Å²) in [6.45, 7) is 0.335. The highest BCUT2D eigenvalue weighted by molar-refractivity contribution is 7.90. The van der Waals surface area contributed by atoms with Crippen LogP contribution in [0, 0.1) is 0 Å². The lowest BCUT2D eigenvalue weighted by Gasteiger charge is -2.09. The van der Waals surface area contributed by atoms with E-state index in [0.29, 0.717) is 23.7 Å². The number of ether oxygens (including phenoxy) is 1. The quantitative estimate of drug-likeness (QED) is 0.617. The number of hydrogen-bond acceptors (Lipinski definition) is 6. The molecule has 2 heterocycles. The van der Waals surface area contributed by atoms with Crippen molar-refractivity contribution in [2.24, 2.45) is 0 Å². The molecule has 3 aromatic rings. The fourth-order valence-electron chi connectivity index (χ4n) is 2.53. The van der Waals surface area contributed by atoms with Crippen LogP contribution in [0.25, 0.3) is 0 Å². The summed E-state index contributed by atoms with van der Waals surface area (Å²) in [5.41, 5.74) is 1.92. The number of carbonyl (C=O) groups is 1. The molecule has 0 aliphatic carbocycles. The van der Waals surface area contributed by atoms with Crippen LogP contribution in [0.2, 0.25) is 0 Å². The van der Waals surface area contributed by atoms with Gasteiger partial charge >= 0.3 is 6.03 Å². The van der Waals surface area contributed by atoms with E-state index in [1.807, 2.05) is 6.07 Å². The first-order chi connectivity index (χ1) is 14.0. The molecule has 0 saturated carbocycles. The number of pyridine rings is 2. The zero-order valence-electron chi connectivity index (χ0n) is 15.7. The van der Waals surface area contributed by atoms with Crippen LogP contribution in [-0.4, -0.2) is 31.5 Å². The number of rotatable bonds is 7. The molecule has 8 nitrogen and oxygen atoms in total. The van der Waals surface area contributed by atoms with Gasteiger partial charge in [-0.2, -0.15) is 0 Å². The van der Waals surface area contributed by atoms with Gasteiger partial charge in [0.05, 0.1) is 17.8 Å². The van der Waals surface area contributed by atoms with E-state index in [-0.39, 0.29) is 10.6 Å². The summed E-state index contributed by atoms with van der Waals surface area (Å²) < 4.78 is 30.1. The molecule has 0 radical (unpaired) electrons. The first kappa shape index (κ1) is 20.3. The van der Waals surface area contributed by atoms with Gasteiger partial charge < -0.3 is 15.4 Å². The Morgan fingerprint density at radius 1 is 1.03 bits per heavy atom. The van der Waals surface area contributed by atoms with Crippen LogP contribution >= 0.6 is 0 Å². The van der Waals surface area contributed by atoms with Crippen molar-refractivity contribution in [3.8, 4) is 5.88 Å². The maximum absolute atomic E-state index is 12.6. The van der Waals surface area contributed by atoms with Crippen LogP contribution < -0.4 is 15.4 Å². The zero-order chi connectivity index (χ0) is 20.7. The number of anilines is 1. The number of benzene rings is 1. The summed E-state index contributed by atoms with van der Waals surface area (Å²) in [7, 11) is -2.05. The van der Waals surface area contributed by atoms with Gasteiger partial charge in [0.15, 0.2) is 9.84 Å². The Hall–Kier alpha value is -3.46. The predicted octanol–water partition coefficient (Wildman–Crippen LogP) is 2.78. The molecule has 0 atom stereocenters. The van der Waals surface area contributed by atoms with Crippen LogP contribution in [0.1, 0.15) is 11.1 Å². The molecule has 1 aromatic carbocycles. The smallest absolute Gasteiger partial charge is 0.319 e. The summed E-state index contributed by atoms with van der Waals surface area (Å²) in [6.07, 6.45) is 4.79. The number of nitrogens with zero attached hydrogens (tertiary/aromatic N) is 2. The average molecular weight is 412 g/mol. The third-order valence-corrected chi connectivity index (χ3v) is 5.71. The fourth-order valence-corrected chi connectivity index (χ4v) is 3.85. The number of aromatic nitrogens is 2. The van der Waals surface area contributed by atoms with Crippen molar-refractivity contribution in [2.75, 3.05) is 12.4 Å². The third kappa shape index (κ3) is 5.76. The second-order valence-electron chi connectivity index (χ2n) is 6.16. The minimum absolute atomic E-state index is 0.162. The SMILES string of the molecule is COc1ccc(CS(=O)(=O)c2ccc(NC(=O)NCc3cccnc3)cc2)cn1. The molecule has 150 valence electrons. The standard InChI is InChI=1S/C20H20N4O4S/c1-28-19-9-4-16(13-22-19)14-29(26,27)18-7-5-17(6-8-18)24-20(25)23-12-15-3-2-10-21-11-15/h2-11,13H,12,14H2,1H3,(H2,23,24,25). The van der Waals surface area contributed by atoms with Crippen LogP contribution in [0.4, 0.5) is 10.5 Å². The molecule has 0 spiro atoms. The first-order valence-electron chi connectivity index (χ1n) is 8.72. The average Bonchev–Trinajstić information content (AvgIpc) is 2.74. The molecular formula is C20H20N4O4S. The fraction of sp³-hybridized carbons (Fsp3) is 0.150. The lowest BCUT2D eigenvalue weighted by atomic mass is 10.3. The van der Waals surface area contributed by atoms with Crippen molar-refractivity contribution in [1.29, 1.82) is 0 Å². The molecule has 0 saturated heterocycles. The Morgan fingerprint density at radius 2 is 1.83 bits per heavy atom. The van der Waals surface area contributed by atoms with Crippen LogP contribution in [-0.2, 0) is 22.1 Å². The number of urea groups is 1. The van der Waals surface area contributed by atoms with Crippen molar-refractivity contribution in [1.82, 2.24) is 15.3 Å².